The molecule has 0 unspecified atom stereocenters. The summed E-state index contributed by atoms with van der Waals surface area (Å²) >= 11 is 7.34. The Kier molecular flexibility index (Phi) is 4.97. The fourth-order valence-corrected chi connectivity index (χ4v) is 2.78. The van der Waals surface area contributed by atoms with E-state index >= 15 is 0 Å². The van der Waals surface area contributed by atoms with Gasteiger partial charge in [0.05, 0.1) is 22.9 Å². The van der Waals surface area contributed by atoms with Gasteiger partial charge in [0.2, 0.25) is 0 Å². The second kappa shape index (κ2) is 6.72. The molecule has 1 amide bonds. The van der Waals surface area contributed by atoms with Crippen molar-refractivity contribution in [3.8, 4) is 11.8 Å². The molecule has 2 aromatic rings. The Morgan fingerprint density at radius 2 is 2.24 bits per heavy atom. The van der Waals surface area contributed by atoms with Gasteiger partial charge in [0.15, 0.2) is 0 Å². The van der Waals surface area contributed by atoms with E-state index in [1.807, 2.05) is 13.8 Å². The van der Waals surface area contributed by atoms with E-state index in [4.69, 9.17) is 17.3 Å². The molecule has 1 aromatic carbocycles. The lowest BCUT2D eigenvalue weighted by molar-refractivity contribution is 0.103. The molecular formula is C15H14ClN3OS. The molecule has 0 saturated heterocycles. The Balaban J connectivity index is 2.32. The molecule has 6 heteroatoms. The van der Waals surface area contributed by atoms with Crippen molar-refractivity contribution in [1.29, 1.82) is 0 Å². The second-order valence-corrected chi connectivity index (χ2v) is 5.94. The third-order valence-corrected chi connectivity index (χ3v) is 3.97. The first-order chi connectivity index (χ1) is 10.0. The summed E-state index contributed by atoms with van der Waals surface area (Å²) in [7, 11) is 0. The number of carbonyl (C=O) groups is 1. The van der Waals surface area contributed by atoms with Crippen LogP contribution in [0.3, 0.4) is 0 Å². The first-order valence-corrected chi connectivity index (χ1v) is 7.44. The van der Waals surface area contributed by atoms with Crippen molar-refractivity contribution >= 4 is 34.5 Å². The molecule has 0 radical (unpaired) electrons. The largest absolute Gasteiger partial charge is 0.320 e. The van der Waals surface area contributed by atoms with Crippen LogP contribution >= 0.6 is 22.9 Å². The number of rotatable bonds is 2. The molecular weight excluding hydrogens is 306 g/mol. The number of carbonyl (C=O) groups excluding carboxylic acids is 1. The molecule has 0 aliphatic heterocycles. The fourth-order valence-electron chi connectivity index (χ4n) is 1.80. The average molecular weight is 320 g/mol. The smallest absolute Gasteiger partial charge is 0.267 e. The summed E-state index contributed by atoms with van der Waals surface area (Å²) < 4.78 is 0. The quantitative estimate of drug-likeness (QED) is 0.836. The molecule has 3 N–H and O–H groups in total. The monoisotopic (exact) mass is 319 g/mol. The summed E-state index contributed by atoms with van der Waals surface area (Å²) in [4.78, 5) is 17.2. The van der Waals surface area contributed by atoms with Gasteiger partial charge in [-0.15, -0.1) is 11.3 Å². The lowest BCUT2D eigenvalue weighted by atomic mass is 10.1. The fraction of sp³-hybridized carbons (Fsp3) is 0.200. The van der Waals surface area contributed by atoms with Crippen molar-refractivity contribution < 1.29 is 4.79 Å². The van der Waals surface area contributed by atoms with Crippen molar-refractivity contribution in [3.05, 3.63) is 44.4 Å². The van der Waals surface area contributed by atoms with Crippen molar-refractivity contribution in [2.24, 2.45) is 5.73 Å². The maximum atomic E-state index is 12.3. The van der Waals surface area contributed by atoms with E-state index < -0.39 is 0 Å². The molecule has 1 heterocycles. The van der Waals surface area contributed by atoms with E-state index in [2.05, 4.69) is 22.1 Å². The van der Waals surface area contributed by atoms with Crippen LogP contribution in [0.1, 0.15) is 25.9 Å². The number of thiazole rings is 1. The lowest BCUT2D eigenvalue weighted by Gasteiger charge is -2.07. The third-order valence-electron chi connectivity index (χ3n) is 2.66. The van der Waals surface area contributed by atoms with Crippen LogP contribution in [-0.2, 0) is 0 Å². The van der Waals surface area contributed by atoms with Gasteiger partial charge in [0, 0.05) is 10.6 Å². The average Bonchev–Trinajstić information content (AvgIpc) is 2.77. The SMILES string of the molecule is Cc1nc(C)c(C(=O)Nc2cc(Cl)ccc2C#CCN)s1. The van der Waals surface area contributed by atoms with Crippen LogP contribution in [0.4, 0.5) is 5.69 Å². The van der Waals surface area contributed by atoms with E-state index in [9.17, 15) is 4.79 Å². The Labute approximate surface area is 132 Å². The summed E-state index contributed by atoms with van der Waals surface area (Å²) in [6, 6.07) is 5.15. The molecule has 0 aliphatic carbocycles. The maximum absolute atomic E-state index is 12.3. The molecule has 0 saturated carbocycles. The van der Waals surface area contributed by atoms with E-state index in [1.165, 1.54) is 11.3 Å². The number of nitrogens with two attached hydrogens (primary N) is 1. The first-order valence-electron chi connectivity index (χ1n) is 6.25. The highest BCUT2D eigenvalue weighted by Crippen LogP contribution is 2.23. The molecule has 1 aromatic heterocycles. The maximum Gasteiger partial charge on any atom is 0.267 e. The van der Waals surface area contributed by atoms with Gasteiger partial charge in [-0.1, -0.05) is 23.4 Å². The van der Waals surface area contributed by atoms with E-state index in [1.54, 1.807) is 18.2 Å². The zero-order valence-corrected chi connectivity index (χ0v) is 13.2. The highest BCUT2D eigenvalue weighted by molar-refractivity contribution is 7.13. The minimum absolute atomic E-state index is 0.212. The van der Waals surface area contributed by atoms with Crippen LogP contribution in [0.25, 0.3) is 0 Å². The minimum atomic E-state index is -0.212. The van der Waals surface area contributed by atoms with Gasteiger partial charge in [-0.25, -0.2) is 4.98 Å². The van der Waals surface area contributed by atoms with Gasteiger partial charge >= 0.3 is 0 Å². The Morgan fingerprint density at radius 3 is 2.86 bits per heavy atom. The number of aryl methyl sites for hydroxylation is 2. The summed E-state index contributed by atoms with van der Waals surface area (Å²) in [5.41, 5.74) is 7.34. The number of halogens is 1. The van der Waals surface area contributed by atoms with Crippen molar-refractivity contribution in [2.45, 2.75) is 13.8 Å². The van der Waals surface area contributed by atoms with E-state index in [0.717, 1.165) is 5.01 Å². The van der Waals surface area contributed by atoms with E-state index in [-0.39, 0.29) is 12.5 Å². The van der Waals surface area contributed by atoms with E-state index in [0.29, 0.717) is 26.8 Å². The number of nitrogens with one attached hydrogen (secondary N) is 1. The van der Waals surface area contributed by atoms with Crippen LogP contribution in [0.5, 0.6) is 0 Å². The number of benzene rings is 1. The number of aromatic nitrogens is 1. The highest BCUT2D eigenvalue weighted by Gasteiger charge is 2.15. The molecule has 2 rings (SSSR count). The second-order valence-electron chi connectivity index (χ2n) is 4.30. The minimum Gasteiger partial charge on any atom is -0.320 e. The Bertz CT molecular complexity index is 743. The van der Waals surface area contributed by atoms with Crippen LogP contribution in [0, 0.1) is 25.7 Å². The predicted molar refractivity (Wildman–Crippen MR) is 86.9 cm³/mol. The third kappa shape index (κ3) is 3.82. The Morgan fingerprint density at radius 1 is 1.48 bits per heavy atom. The number of hydrogen-bond donors (Lipinski definition) is 2. The summed E-state index contributed by atoms with van der Waals surface area (Å²) in [6.45, 7) is 3.93. The van der Waals surface area contributed by atoms with Crippen molar-refractivity contribution in [1.82, 2.24) is 4.98 Å². The van der Waals surface area contributed by atoms with Gasteiger partial charge in [-0.05, 0) is 32.0 Å². The number of anilines is 1. The summed E-state index contributed by atoms with van der Waals surface area (Å²) in [6.07, 6.45) is 0. The predicted octanol–water partition coefficient (Wildman–Crippen LogP) is 2.98. The first kappa shape index (κ1) is 15.5. The van der Waals surface area contributed by atoms with Crippen LogP contribution in [0.15, 0.2) is 18.2 Å². The number of nitrogens with zero attached hydrogens (tertiary/aromatic N) is 1. The lowest BCUT2D eigenvalue weighted by Crippen LogP contribution is -2.12. The van der Waals surface area contributed by atoms with Crippen molar-refractivity contribution in [2.75, 3.05) is 11.9 Å². The molecule has 0 spiro atoms. The number of hydrogen-bond acceptors (Lipinski definition) is 4. The van der Waals surface area contributed by atoms with Gasteiger partial charge in [-0.2, -0.15) is 0 Å². The van der Waals surface area contributed by atoms with Crippen LogP contribution in [0.2, 0.25) is 5.02 Å². The molecule has 0 aliphatic rings. The summed E-state index contributed by atoms with van der Waals surface area (Å²) in [5.74, 6) is 5.47. The molecule has 0 bridgehead atoms. The Hall–Kier alpha value is -1.87. The molecule has 4 nitrogen and oxygen atoms in total. The van der Waals surface area contributed by atoms with Gasteiger partial charge in [0.25, 0.3) is 5.91 Å². The van der Waals surface area contributed by atoms with Gasteiger partial charge in [0.1, 0.15) is 4.88 Å². The van der Waals surface area contributed by atoms with Gasteiger partial charge in [-0.3, -0.25) is 4.79 Å². The van der Waals surface area contributed by atoms with Crippen LogP contribution in [-0.4, -0.2) is 17.4 Å². The van der Waals surface area contributed by atoms with Crippen LogP contribution < -0.4 is 11.1 Å². The standard InChI is InChI=1S/C15H14ClN3OS/c1-9-14(21-10(2)18-9)15(20)19-13-8-12(16)6-5-11(13)4-3-7-17/h5-6,8H,7,17H2,1-2H3,(H,19,20). The molecule has 108 valence electrons. The zero-order valence-electron chi connectivity index (χ0n) is 11.7. The summed E-state index contributed by atoms with van der Waals surface area (Å²) in [5, 5.41) is 4.22. The molecule has 21 heavy (non-hydrogen) atoms. The topological polar surface area (TPSA) is 68.0 Å². The van der Waals surface area contributed by atoms with Crippen molar-refractivity contribution in [3.63, 3.8) is 0 Å². The van der Waals surface area contributed by atoms with Gasteiger partial charge < -0.3 is 11.1 Å². The zero-order chi connectivity index (χ0) is 15.4. The highest BCUT2D eigenvalue weighted by atomic mass is 35.5. The molecule has 0 fully saturated rings. The number of amides is 1. The normalized spacial score (nSPS) is 9.90. The molecule has 0 atom stereocenters.